The third-order valence-corrected chi connectivity index (χ3v) is 5.77. The maximum atomic E-state index is 5.91. The van der Waals surface area contributed by atoms with Crippen LogP contribution < -0.4 is 0 Å². The van der Waals surface area contributed by atoms with Crippen molar-refractivity contribution in [3.63, 3.8) is 0 Å². The van der Waals surface area contributed by atoms with E-state index in [1.807, 2.05) is 0 Å². The lowest BCUT2D eigenvalue weighted by Gasteiger charge is -2.49. The minimum absolute atomic E-state index is 0.00433. The molecular weight excluding hydrogens is 286 g/mol. The Balaban J connectivity index is 0.000000339. The second kappa shape index (κ2) is 5.81. The van der Waals surface area contributed by atoms with E-state index >= 15 is 0 Å². The van der Waals surface area contributed by atoms with Crippen molar-refractivity contribution >= 4 is 17.6 Å². The molecular formula is C12H22O5P2. The van der Waals surface area contributed by atoms with Gasteiger partial charge in [-0.25, -0.2) is 0 Å². The van der Waals surface area contributed by atoms with Crippen LogP contribution >= 0.6 is 17.6 Å². The highest BCUT2D eigenvalue weighted by Crippen LogP contribution is 2.67. The average molecular weight is 308 g/mol. The molecule has 19 heavy (non-hydrogen) atoms. The molecule has 0 aromatic heterocycles. The van der Waals surface area contributed by atoms with Crippen LogP contribution in [0.3, 0.4) is 0 Å². The Bertz CT molecular complexity index is 318. The largest absolute Gasteiger partial charge is 0.336 e. The topological polar surface area (TPSA) is 46.2 Å². The van der Waals surface area contributed by atoms with Gasteiger partial charge in [0, 0.05) is 5.41 Å². The molecule has 1 saturated carbocycles. The third-order valence-electron chi connectivity index (χ3n) is 4.01. The molecule has 4 aliphatic rings. The zero-order valence-electron chi connectivity index (χ0n) is 11.5. The predicted octanol–water partition coefficient (Wildman–Crippen LogP) is 3.54. The maximum Gasteiger partial charge on any atom is 0.333 e. The van der Waals surface area contributed by atoms with Crippen LogP contribution in [0.5, 0.6) is 0 Å². The molecule has 5 nitrogen and oxygen atoms in total. The molecule has 0 amide bonds. The van der Waals surface area contributed by atoms with Gasteiger partial charge in [-0.05, 0) is 19.3 Å². The summed E-state index contributed by atoms with van der Waals surface area (Å²) < 4.78 is 28.3. The van der Waals surface area contributed by atoms with Gasteiger partial charge in [0.05, 0.1) is 19.8 Å². The Morgan fingerprint density at radius 1 is 1.16 bits per heavy atom. The summed E-state index contributed by atoms with van der Waals surface area (Å²) in [7, 11) is -0.905. The van der Waals surface area contributed by atoms with Gasteiger partial charge in [0.25, 0.3) is 0 Å². The summed E-state index contributed by atoms with van der Waals surface area (Å²) >= 11 is 0. The minimum Gasteiger partial charge on any atom is -0.336 e. The SMILES string of the molecule is C1CC2(COPOC2)C2OP3OCC2(C1)O3.CCC. The van der Waals surface area contributed by atoms with E-state index in [1.165, 1.54) is 6.42 Å². The molecule has 1 aliphatic carbocycles. The Kier molecular flexibility index (Phi) is 4.46. The van der Waals surface area contributed by atoms with E-state index < -0.39 is 8.60 Å². The van der Waals surface area contributed by atoms with Crippen LogP contribution in [0.2, 0.25) is 0 Å². The smallest absolute Gasteiger partial charge is 0.333 e. The zero-order valence-corrected chi connectivity index (χ0v) is 13.4. The van der Waals surface area contributed by atoms with E-state index in [4.69, 9.17) is 22.6 Å². The highest BCUT2D eigenvalue weighted by Gasteiger charge is 2.66. The van der Waals surface area contributed by atoms with E-state index in [9.17, 15) is 0 Å². The van der Waals surface area contributed by atoms with Crippen LogP contribution in [-0.4, -0.2) is 31.5 Å². The van der Waals surface area contributed by atoms with Gasteiger partial charge in [-0.2, -0.15) is 0 Å². The van der Waals surface area contributed by atoms with Gasteiger partial charge >= 0.3 is 8.60 Å². The molecule has 3 unspecified atom stereocenters. The van der Waals surface area contributed by atoms with Gasteiger partial charge in [-0.1, -0.05) is 20.3 Å². The van der Waals surface area contributed by atoms with E-state index in [2.05, 4.69) is 13.8 Å². The number of fused-ring (bicyclic) bond motifs is 2. The molecule has 110 valence electrons. The molecule has 3 saturated heterocycles. The molecule has 4 fully saturated rings. The quantitative estimate of drug-likeness (QED) is 0.641. The first-order chi connectivity index (χ1) is 9.25. The first-order valence-corrected chi connectivity index (χ1v) is 8.93. The van der Waals surface area contributed by atoms with E-state index in [1.54, 1.807) is 0 Å². The molecule has 0 aromatic carbocycles. The molecule has 0 aromatic rings. The van der Waals surface area contributed by atoms with Crippen LogP contribution in [0.1, 0.15) is 39.5 Å². The molecule has 3 aliphatic heterocycles. The standard InChI is InChI=1S/C9H14O5P2.C3H8/c1-2-8(4-10-15-11-5-8)7-9(3-1)6-12-16(13-7)14-9;1-3-2/h7,15H,1-6H2;3H2,1-2H3. The van der Waals surface area contributed by atoms with E-state index in [0.717, 1.165) is 32.5 Å². The lowest BCUT2D eigenvalue weighted by atomic mass is 9.66. The molecule has 4 rings (SSSR count). The van der Waals surface area contributed by atoms with E-state index in [0.29, 0.717) is 6.61 Å². The molecule has 3 atom stereocenters. The second-order valence-corrected chi connectivity index (χ2v) is 7.57. The summed E-state index contributed by atoms with van der Waals surface area (Å²) in [4.78, 5) is 0. The van der Waals surface area contributed by atoms with Gasteiger partial charge in [0.1, 0.15) is 11.7 Å². The number of hydrogen-bond acceptors (Lipinski definition) is 5. The zero-order chi connectivity index (χ0) is 13.3. The van der Waals surface area contributed by atoms with Crippen molar-refractivity contribution in [1.82, 2.24) is 0 Å². The number of rotatable bonds is 0. The summed E-state index contributed by atoms with van der Waals surface area (Å²) in [5.41, 5.74) is -0.193. The first-order valence-electron chi connectivity index (χ1n) is 7.02. The van der Waals surface area contributed by atoms with Gasteiger partial charge in [-0.3, -0.25) is 0 Å². The molecule has 7 heteroatoms. The van der Waals surface area contributed by atoms with Gasteiger partial charge < -0.3 is 22.6 Å². The van der Waals surface area contributed by atoms with Crippen LogP contribution in [-0.2, 0) is 22.6 Å². The normalized spacial score (nSPS) is 48.9. The number of hydrogen-bond donors (Lipinski definition) is 0. The van der Waals surface area contributed by atoms with Crippen molar-refractivity contribution in [2.24, 2.45) is 5.41 Å². The lowest BCUT2D eigenvalue weighted by Crippen LogP contribution is -2.59. The summed E-state index contributed by atoms with van der Waals surface area (Å²) in [6.07, 6.45) is 4.65. The Hall–Kier alpha value is 0.660. The van der Waals surface area contributed by atoms with Crippen molar-refractivity contribution in [1.29, 1.82) is 0 Å². The predicted molar refractivity (Wildman–Crippen MR) is 74.0 cm³/mol. The van der Waals surface area contributed by atoms with Gasteiger partial charge in [-0.15, -0.1) is 0 Å². The van der Waals surface area contributed by atoms with Gasteiger partial charge in [0.15, 0.2) is 9.03 Å². The molecule has 2 spiro atoms. The molecule has 0 N–H and O–H groups in total. The highest BCUT2D eigenvalue weighted by atomic mass is 31.2. The summed E-state index contributed by atoms with van der Waals surface area (Å²) in [6.45, 7) is 6.42. The monoisotopic (exact) mass is 308 g/mol. The van der Waals surface area contributed by atoms with Crippen LogP contribution in [0.25, 0.3) is 0 Å². The Morgan fingerprint density at radius 2 is 1.89 bits per heavy atom. The van der Waals surface area contributed by atoms with Crippen molar-refractivity contribution in [2.75, 3.05) is 19.8 Å². The summed E-state index contributed by atoms with van der Waals surface area (Å²) in [5, 5.41) is 0. The van der Waals surface area contributed by atoms with Crippen LogP contribution in [0, 0.1) is 5.41 Å². The van der Waals surface area contributed by atoms with Crippen molar-refractivity contribution in [3.8, 4) is 0 Å². The Morgan fingerprint density at radius 3 is 2.58 bits per heavy atom. The first kappa shape index (κ1) is 14.6. The second-order valence-electron chi connectivity index (χ2n) is 5.72. The summed E-state index contributed by atoms with van der Waals surface area (Å²) in [6, 6.07) is 0. The van der Waals surface area contributed by atoms with E-state index in [-0.39, 0.29) is 26.2 Å². The Labute approximate surface area is 117 Å². The third kappa shape index (κ3) is 2.48. The maximum absolute atomic E-state index is 5.91. The fraction of sp³-hybridized carbons (Fsp3) is 1.00. The fourth-order valence-electron chi connectivity index (χ4n) is 3.24. The van der Waals surface area contributed by atoms with Crippen LogP contribution in [0.15, 0.2) is 0 Å². The fourth-order valence-corrected chi connectivity index (χ4v) is 5.62. The molecule has 3 heterocycles. The van der Waals surface area contributed by atoms with Crippen molar-refractivity contribution in [2.45, 2.75) is 51.2 Å². The van der Waals surface area contributed by atoms with Gasteiger partial charge in [0.2, 0.25) is 0 Å². The molecule has 0 radical (unpaired) electrons. The van der Waals surface area contributed by atoms with Crippen molar-refractivity contribution < 1.29 is 22.6 Å². The molecule has 2 bridgehead atoms. The minimum atomic E-state index is -1.09. The van der Waals surface area contributed by atoms with Crippen molar-refractivity contribution in [3.05, 3.63) is 0 Å². The average Bonchev–Trinajstić information content (AvgIpc) is 2.99. The van der Waals surface area contributed by atoms with Crippen LogP contribution in [0.4, 0.5) is 0 Å². The summed E-state index contributed by atoms with van der Waals surface area (Å²) in [5.74, 6) is 0. The highest BCUT2D eigenvalue weighted by molar-refractivity contribution is 7.42. The lowest BCUT2D eigenvalue weighted by molar-refractivity contribution is -0.138.